The molecule has 3 N–H and O–H groups in total. The first-order valence-electron chi connectivity index (χ1n) is 5.73. The van der Waals surface area contributed by atoms with E-state index in [0.29, 0.717) is 22.7 Å². The number of hydrogen-bond acceptors (Lipinski definition) is 3. The second-order valence-corrected chi connectivity index (χ2v) is 4.58. The van der Waals surface area contributed by atoms with Gasteiger partial charge >= 0.3 is 5.97 Å². The summed E-state index contributed by atoms with van der Waals surface area (Å²) in [7, 11) is 0. The van der Waals surface area contributed by atoms with Gasteiger partial charge in [0.1, 0.15) is 0 Å². The number of thiocarbonyl (C=S) groups is 1. The van der Waals surface area contributed by atoms with Gasteiger partial charge in [0.25, 0.3) is 0 Å². The molecule has 0 heterocycles. The molecule has 0 radical (unpaired) electrons. The van der Waals surface area contributed by atoms with Crippen molar-refractivity contribution in [2.24, 2.45) is 0 Å². The number of carbonyl (C=O) groups is 2. The highest BCUT2D eigenvalue weighted by atomic mass is 35.5. The lowest BCUT2D eigenvalue weighted by Crippen LogP contribution is -2.33. The maximum absolute atomic E-state index is 11.2. The van der Waals surface area contributed by atoms with Crippen LogP contribution < -0.4 is 10.6 Å². The number of hydrogen-bond donors (Lipinski definition) is 3. The number of carboxylic acid groups (broad SMARTS) is 1. The summed E-state index contributed by atoms with van der Waals surface area (Å²) in [4.78, 5) is 21.7. The van der Waals surface area contributed by atoms with Gasteiger partial charge in [-0.2, -0.15) is 0 Å². The minimum Gasteiger partial charge on any atom is -0.478 e. The number of aliphatic carboxylic acids is 1. The van der Waals surface area contributed by atoms with Gasteiger partial charge in [-0.25, -0.2) is 4.79 Å². The van der Waals surface area contributed by atoms with E-state index in [1.54, 1.807) is 25.1 Å². The SMILES string of the molecule is CCC(=O)NC(=S)Nc1cc(/C=C/C(=O)O)ccc1Cl. The van der Waals surface area contributed by atoms with Gasteiger partial charge in [-0.1, -0.05) is 24.6 Å². The number of rotatable bonds is 4. The fourth-order valence-corrected chi connectivity index (χ4v) is 1.67. The molecule has 0 atom stereocenters. The number of anilines is 1. The predicted molar refractivity (Wildman–Crippen MR) is 82.8 cm³/mol. The minimum absolute atomic E-state index is 0.137. The normalized spacial score (nSPS) is 10.3. The second-order valence-electron chi connectivity index (χ2n) is 3.77. The Morgan fingerprint density at radius 2 is 2.15 bits per heavy atom. The van der Waals surface area contributed by atoms with Crippen LogP contribution in [0.5, 0.6) is 0 Å². The molecule has 1 aromatic carbocycles. The van der Waals surface area contributed by atoms with Crippen LogP contribution in [0.1, 0.15) is 18.9 Å². The second kappa shape index (κ2) is 7.62. The summed E-state index contributed by atoms with van der Waals surface area (Å²) in [5, 5.41) is 14.4. The van der Waals surface area contributed by atoms with Crippen LogP contribution in [-0.4, -0.2) is 22.1 Å². The van der Waals surface area contributed by atoms with Crippen molar-refractivity contribution < 1.29 is 14.7 Å². The maximum Gasteiger partial charge on any atom is 0.328 e. The van der Waals surface area contributed by atoms with Crippen LogP contribution in [0.25, 0.3) is 6.08 Å². The Morgan fingerprint density at radius 3 is 2.75 bits per heavy atom. The topological polar surface area (TPSA) is 78.4 Å². The average Bonchev–Trinajstić information content (AvgIpc) is 2.39. The van der Waals surface area contributed by atoms with Crippen molar-refractivity contribution in [2.75, 3.05) is 5.32 Å². The standard InChI is InChI=1S/C13H13ClN2O3S/c1-2-11(17)16-13(20)15-10-7-8(3-5-9(10)14)4-6-12(18)19/h3-7H,2H2,1H3,(H,18,19)(H2,15,16,17,20)/b6-4+. The molecule has 106 valence electrons. The Hall–Kier alpha value is -1.92. The number of benzene rings is 1. The molecule has 0 aliphatic carbocycles. The molecule has 0 fully saturated rings. The van der Waals surface area contributed by atoms with Gasteiger partial charge in [0.05, 0.1) is 10.7 Å². The van der Waals surface area contributed by atoms with Crippen molar-refractivity contribution >= 4 is 52.6 Å². The molecule has 1 amide bonds. The van der Waals surface area contributed by atoms with Crippen molar-refractivity contribution in [1.82, 2.24) is 5.32 Å². The number of nitrogens with one attached hydrogen (secondary N) is 2. The molecular weight excluding hydrogens is 300 g/mol. The Labute approximate surface area is 126 Å². The van der Waals surface area contributed by atoms with Crippen LogP contribution in [0.2, 0.25) is 5.02 Å². The summed E-state index contributed by atoms with van der Waals surface area (Å²) in [6, 6.07) is 4.91. The van der Waals surface area contributed by atoms with Crippen LogP contribution in [-0.2, 0) is 9.59 Å². The Bertz CT molecular complexity index is 573. The first-order chi connectivity index (χ1) is 9.42. The third-order valence-corrected chi connectivity index (χ3v) is 2.76. The van der Waals surface area contributed by atoms with E-state index < -0.39 is 5.97 Å². The molecule has 0 saturated heterocycles. The van der Waals surface area contributed by atoms with Crippen molar-refractivity contribution in [1.29, 1.82) is 0 Å². The van der Waals surface area contributed by atoms with Gasteiger partial charge < -0.3 is 15.7 Å². The van der Waals surface area contributed by atoms with Gasteiger partial charge in [-0.3, -0.25) is 4.79 Å². The highest BCUT2D eigenvalue weighted by molar-refractivity contribution is 7.80. The van der Waals surface area contributed by atoms with E-state index in [1.807, 2.05) is 0 Å². The highest BCUT2D eigenvalue weighted by Gasteiger charge is 2.06. The van der Waals surface area contributed by atoms with Crippen LogP contribution in [0.3, 0.4) is 0 Å². The highest BCUT2D eigenvalue weighted by Crippen LogP contribution is 2.23. The molecule has 0 aromatic heterocycles. The third-order valence-electron chi connectivity index (χ3n) is 2.23. The Morgan fingerprint density at radius 1 is 1.45 bits per heavy atom. The lowest BCUT2D eigenvalue weighted by molar-refractivity contribution is -0.131. The zero-order valence-electron chi connectivity index (χ0n) is 10.6. The van der Waals surface area contributed by atoms with Gasteiger partial charge in [-0.15, -0.1) is 0 Å². The summed E-state index contributed by atoms with van der Waals surface area (Å²) < 4.78 is 0. The Kier molecular flexibility index (Phi) is 6.14. The lowest BCUT2D eigenvalue weighted by Gasteiger charge is -2.11. The predicted octanol–water partition coefficient (Wildman–Crippen LogP) is 2.66. The first-order valence-corrected chi connectivity index (χ1v) is 6.52. The van der Waals surface area contributed by atoms with E-state index in [0.717, 1.165) is 6.08 Å². The van der Waals surface area contributed by atoms with Crippen LogP contribution in [0, 0.1) is 0 Å². The molecule has 0 saturated carbocycles. The zero-order valence-corrected chi connectivity index (χ0v) is 12.2. The molecule has 1 rings (SSSR count). The molecule has 0 aliphatic rings. The van der Waals surface area contributed by atoms with Gasteiger partial charge in [-0.05, 0) is 36.0 Å². The summed E-state index contributed by atoms with van der Waals surface area (Å²) >= 11 is 11.0. The third kappa shape index (κ3) is 5.38. The van der Waals surface area contributed by atoms with Crippen molar-refractivity contribution in [3.63, 3.8) is 0 Å². The summed E-state index contributed by atoms with van der Waals surface area (Å²) in [6.07, 6.45) is 2.76. The number of carbonyl (C=O) groups excluding carboxylic acids is 1. The number of carboxylic acids is 1. The molecule has 0 spiro atoms. The summed E-state index contributed by atoms with van der Waals surface area (Å²) in [5.74, 6) is -1.25. The molecule has 0 aliphatic heterocycles. The first kappa shape index (κ1) is 16.1. The Balaban J connectivity index is 2.84. The maximum atomic E-state index is 11.2. The quantitative estimate of drug-likeness (QED) is 0.588. The molecule has 7 heteroatoms. The van der Waals surface area contributed by atoms with E-state index in [1.165, 1.54) is 6.08 Å². The smallest absolute Gasteiger partial charge is 0.328 e. The largest absolute Gasteiger partial charge is 0.478 e. The van der Waals surface area contributed by atoms with Crippen molar-refractivity contribution in [2.45, 2.75) is 13.3 Å². The van der Waals surface area contributed by atoms with E-state index >= 15 is 0 Å². The van der Waals surface area contributed by atoms with Gasteiger partial charge in [0, 0.05) is 12.5 Å². The van der Waals surface area contributed by atoms with E-state index in [4.69, 9.17) is 28.9 Å². The summed E-state index contributed by atoms with van der Waals surface area (Å²) in [6.45, 7) is 1.71. The van der Waals surface area contributed by atoms with Crippen LogP contribution in [0.4, 0.5) is 5.69 Å². The fourth-order valence-electron chi connectivity index (χ4n) is 1.28. The number of amides is 1. The van der Waals surface area contributed by atoms with Gasteiger partial charge in [0.15, 0.2) is 5.11 Å². The van der Waals surface area contributed by atoms with E-state index in [-0.39, 0.29) is 11.0 Å². The van der Waals surface area contributed by atoms with E-state index in [2.05, 4.69) is 10.6 Å². The fraction of sp³-hybridized carbons (Fsp3) is 0.154. The molecule has 5 nitrogen and oxygen atoms in total. The van der Waals surface area contributed by atoms with Crippen molar-refractivity contribution in [3.05, 3.63) is 34.9 Å². The monoisotopic (exact) mass is 312 g/mol. The van der Waals surface area contributed by atoms with Gasteiger partial charge in [0.2, 0.25) is 5.91 Å². The van der Waals surface area contributed by atoms with Crippen LogP contribution >= 0.6 is 23.8 Å². The molecule has 1 aromatic rings. The van der Waals surface area contributed by atoms with Crippen molar-refractivity contribution in [3.8, 4) is 0 Å². The molecule has 20 heavy (non-hydrogen) atoms. The zero-order chi connectivity index (χ0) is 15.1. The van der Waals surface area contributed by atoms with Crippen LogP contribution in [0.15, 0.2) is 24.3 Å². The van der Waals surface area contributed by atoms with E-state index in [9.17, 15) is 9.59 Å². The molecule has 0 unspecified atom stereocenters. The average molecular weight is 313 g/mol. The lowest BCUT2D eigenvalue weighted by atomic mass is 10.2. The number of halogens is 1. The molecular formula is C13H13ClN2O3S. The molecule has 0 bridgehead atoms. The summed E-state index contributed by atoms with van der Waals surface area (Å²) in [5.41, 5.74) is 1.13. The minimum atomic E-state index is -1.04.